The van der Waals surface area contributed by atoms with Crippen LogP contribution in [-0.2, 0) is 12.0 Å². The van der Waals surface area contributed by atoms with Crippen molar-refractivity contribution in [2.45, 2.75) is 32.7 Å². The summed E-state index contributed by atoms with van der Waals surface area (Å²) in [6.07, 6.45) is 0. The normalized spacial score (nSPS) is 11.8. The summed E-state index contributed by atoms with van der Waals surface area (Å²) < 4.78 is 1.88. The lowest BCUT2D eigenvalue weighted by Gasteiger charge is -2.19. The van der Waals surface area contributed by atoms with E-state index in [4.69, 9.17) is 5.73 Å². The Morgan fingerprint density at radius 3 is 2.41 bits per heavy atom. The Morgan fingerprint density at radius 2 is 1.86 bits per heavy atom. The number of aromatic nitrogens is 3. The Kier molecular flexibility index (Phi) is 3.85. The van der Waals surface area contributed by atoms with Crippen molar-refractivity contribution >= 4 is 11.3 Å². The average Bonchev–Trinajstić information content (AvgIpc) is 3.15. The summed E-state index contributed by atoms with van der Waals surface area (Å²) in [7, 11) is 0. The minimum atomic E-state index is 0.139. The van der Waals surface area contributed by atoms with Crippen molar-refractivity contribution < 1.29 is 0 Å². The molecule has 1 aromatic carbocycles. The molecule has 0 spiro atoms. The highest BCUT2D eigenvalue weighted by Crippen LogP contribution is 2.30. The van der Waals surface area contributed by atoms with E-state index in [1.807, 2.05) is 10.7 Å². The van der Waals surface area contributed by atoms with E-state index < -0.39 is 0 Å². The zero-order valence-corrected chi connectivity index (χ0v) is 13.9. The number of hydrogen-bond acceptors (Lipinski definition) is 4. The molecule has 3 rings (SSSR count). The second-order valence-electron chi connectivity index (χ2n) is 6.27. The van der Waals surface area contributed by atoms with Crippen molar-refractivity contribution in [3.63, 3.8) is 0 Å². The minimum absolute atomic E-state index is 0.139. The summed E-state index contributed by atoms with van der Waals surface area (Å²) in [6, 6.07) is 12.6. The highest BCUT2D eigenvalue weighted by atomic mass is 32.1. The number of nitrogens with two attached hydrogens (primary N) is 1. The van der Waals surface area contributed by atoms with Crippen molar-refractivity contribution in [2.75, 3.05) is 0 Å². The summed E-state index contributed by atoms with van der Waals surface area (Å²) >= 11 is 1.67. The summed E-state index contributed by atoms with van der Waals surface area (Å²) in [5, 5.41) is 10.6. The minimum Gasteiger partial charge on any atom is -0.325 e. The van der Waals surface area contributed by atoms with Crippen LogP contribution in [0.2, 0.25) is 0 Å². The molecule has 114 valence electrons. The van der Waals surface area contributed by atoms with Gasteiger partial charge in [-0.15, -0.1) is 16.4 Å². The highest BCUT2D eigenvalue weighted by molar-refractivity contribution is 7.13. The molecule has 0 aliphatic rings. The van der Waals surface area contributed by atoms with Gasteiger partial charge in [0.2, 0.25) is 0 Å². The van der Waals surface area contributed by atoms with Crippen LogP contribution >= 0.6 is 11.3 Å². The van der Waals surface area contributed by atoms with Crippen molar-refractivity contribution in [1.82, 2.24) is 15.0 Å². The van der Waals surface area contributed by atoms with Gasteiger partial charge in [-0.25, -0.2) is 4.68 Å². The predicted octanol–water partition coefficient (Wildman–Crippen LogP) is 3.75. The molecule has 0 aliphatic carbocycles. The van der Waals surface area contributed by atoms with Crippen LogP contribution in [0.25, 0.3) is 16.3 Å². The Bertz CT molecular complexity index is 749. The maximum atomic E-state index is 5.82. The number of nitrogens with zero attached hydrogens (tertiary/aromatic N) is 3. The maximum Gasteiger partial charge on any atom is 0.109 e. The number of thiophene rings is 1. The molecule has 5 heteroatoms. The fraction of sp³-hybridized carbons (Fsp3) is 0.294. The van der Waals surface area contributed by atoms with Gasteiger partial charge in [0.05, 0.1) is 10.6 Å². The zero-order chi connectivity index (χ0) is 15.7. The summed E-state index contributed by atoms with van der Waals surface area (Å²) in [5.74, 6) is 0. The van der Waals surface area contributed by atoms with E-state index in [9.17, 15) is 0 Å². The van der Waals surface area contributed by atoms with E-state index in [2.05, 4.69) is 66.8 Å². The predicted molar refractivity (Wildman–Crippen MR) is 91.3 cm³/mol. The maximum absolute atomic E-state index is 5.82. The molecule has 2 heterocycles. The van der Waals surface area contributed by atoms with Crippen molar-refractivity contribution in [2.24, 2.45) is 5.73 Å². The van der Waals surface area contributed by atoms with Gasteiger partial charge in [-0.05, 0) is 34.6 Å². The van der Waals surface area contributed by atoms with Crippen molar-refractivity contribution in [3.05, 3.63) is 53.0 Å². The van der Waals surface area contributed by atoms with Gasteiger partial charge >= 0.3 is 0 Å². The smallest absolute Gasteiger partial charge is 0.109 e. The van der Waals surface area contributed by atoms with Crippen LogP contribution in [0.5, 0.6) is 0 Å². The Balaban J connectivity index is 2.08. The van der Waals surface area contributed by atoms with Crippen molar-refractivity contribution in [1.29, 1.82) is 0 Å². The van der Waals surface area contributed by atoms with Crippen LogP contribution in [0.4, 0.5) is 0 Å². The molecule has 0 unspecified atom stereocenters. The van der Waals surface area contributed by atoms with Gasteiger partial charge in [0.1, 0.15) is 11.4 Å². The van der Waals surface area contributed by atoms with Crippen LogP contribution in [-0.4, -0.2) is 15.0 Å². The monoisotopic (exact) mass is 312 g/mol. The molecule has 0 amide bonds. The van der Waals surface area contributed by atoms with Crippen LogP contribution < -0.4 is 5.73 Å². The van der Waals surface area contributed by atoms with Crippen molar-refractivity contribution in [3.8, 4) is 16.3 Å². The van der Waals surface area contributed by atoms with Crippen LogP contribution in [0.3, 0.4) is 0 Å². The highest BCUT2D eigenvalue weighted by Gasteiger charge is 2.17. The van der Waals surface area contributed by atoms with E-state index in [0.29, 0.717) is 6.54 Å². The third kappa shape index (κ3) is 2.69. The third-order valence-corrected chi connectivity index (χ3v) is 4.54. The Hall–Kier alpha value is -1.98. The molecular formula is C17H20N4S. The van der Waals surface area contributed by atoms with E-state index in [-0.39, 0.29) is 5.41 Å². The average molecular weight is 312 g/mol. The molecule has 0 saturated carbocycles. The Labute approximate surface area is 134 Å². The lowest BCUT2D eigenvalue weighted by atomic mass is 9.87. The first-order valence-corrected chi connectivity index (χ1v) is 8.18. The zero-order valence-electron chi connectivity index (χ0n) is 13.1. The molecule has 0 saturated heterocycles. The topological polar surface area (TPSA) is 56.7 Å². The first-order valence-electron chi connectivity index (χ1n) is 7.30. The van der Waals surface area contributed by atoms with Gasteiger partial charge in [0.15, 0.2) is 0 Å². The van der Waals surface area contributed by atoms with Gasteiger partial charge < -0.3 is 5.73 Å². The Morgan fingerprint density at radius 1 is 1.14 bits per heavy atom. The fourth-order valence-electron chi connectivity index (χ4n) is 2.39. The summed E-state index contributed by atoms with van der Waals surface area (Å²) in [4.78, 5) is 1.13. The third-order valence-electron chi connectivity index (χ3n) is 3.67. The van der Waals surface area contributed by atoms with E-state index in [0.717, 1.165) is 22.0 Å². The standard InChI is InChI=1S/C17H20N4S/c1-17(2,3)12-6-8-13(9-7-12)21-16(14(11-18)19-20-21)15-5-4-10-22-15/h4-10H,11,18H2,1-3H3. The number of benzene rings is 1. The first kappa shape index (κ1) is 14.9. The van der Waals surface area contributed by atoms with Gasteiger partial charge in [-0.2, -0.15) is 0 Å². The number of hydrogen-bond donors (Lipinski definition) is 1. The first-order chi connectivity index (χ1) is 10.5. The second kappa shape index (κ2) is 5.66. The molecule has 0 radical (unpaired) electrons. The fourth-order valence-corrected chi connectivity index (χ4v) is 3.17. The second-order valence-corrected chi connectivity index (χ2v) is 7.22. The van der Waals surface area contributed by atoms with Gasteiger partial charge in [0, 0.05) is 6.54 Å². The molecular weight excluding hydrogens is 292 g/mol. The summed E-state index contributed by atoms with van der Waals surface area (Å²) in [5.41, 5.74) is 10.1. The number of rotatable bonds is 3. The van der Waals surface area contributed by atoms with E-state index >= 15 is 0 Å². The van der Waals surface area contributed by atoms with Gasteiger partial charge in [-0.1, -0.05) is 44.2 Å². The largest absolute Gasteiger partial charge is 0.325 e. The molecule has 0 fully saturated rings. The molecule has 0 bridgehead atoms. The van der Waals surface area contributed by atoms with E-state index in [1.54, 1.807) is 11.3 Å². The van der Waals surface area contributed by atoms with Crippen LogP contribution in [0, 0.1) is 0 Å². The van der Waals surface area contributed by atoms with Gasteiger partial charge in [0.25, 0.3) is 0 Å². The quantitative estimate of drug-likeness (QED) is 0.801. The molecule has 2 aromatic heterocycles. The van der Waals surface area contributed by atoms with Crippen LogP contribution in [0.15, 0.2) is 41.8 Å². The lowest BCUT2D eigenvalue weighted by molar-refractivity contribution is 0.590. The molecule has 4 nitrogen and oxygen atoms in total. The molecule has 0 aliphatic heterocycles. The molecule has 0 atom stereocenters. The van der Waals surface area contributed by atoms with Crippen LogP contribution in [0.1, 0.15) is 32.0 Å². The van der Waals surface area contributed by atoms with Gasteiger partial charge in [-0.3, -0.25) is 0 Å². The summed E-state index contributed by atoms with van der Waals surface area (Å²) in [6.45, 7) is 7.01. The molecule has 2 N–H and O–H groups in total. The SMILES string of the molecule is CC(C)(C)c1ccc(-n2nnc(CN)c2-c2cccs2)cc1. The van der Waals surface area contributed by atoms with E-state index in [1.165, 1.54) is 5.56 Å². The molecule has 3 aromatic rings. The lowest BCUT2D eigenvalue weighted by Crippen LogP contribution is -2.11. The molecule has 22 heavy (non-hydrogen) atoms.